The molecule has 2 aromatic rings. The number of carbonyl (C=O) groups is 1. The van der Waals surface area contributed by atoms with Gasteiger partial charge < -0.3 is 9.73 Å². The fraction of sp³-hybridized carbons (Fsp3) is 0.471. The topological polar surface area (TPSA) is 68.0 Å². The van der Waals surface area contributed by atoms with E-state index in [1.54, 1.807) is 12.1 Å². The first-order chi connectivity index (χ1) is 11.7. The zero-order valence-electron chi connectivity index (χ0n) is 13.1. The first-order valence-corrected chi connectivity index (χ1v) is 9.55. The number of aromatic nitrogens is 2. The number of halogens is 1. The summed E-state index contributed by atoms with van der Waals surface area (Å²) in [5.41, 5.74) is 0.810. The van der Waals surface area contributed by atoms with E-state index in [4.69, 9.17) is 16.0 Å². The largest absolute Gasteiger partial charge is 0.411 e. The van der Waals surface area contributed by atoms with E-state index in [0.29, 0.717) is 33.8 Å². The highest BCUT2D eigenvalue weighted by atomic mass is 35.5. The van der Waals surface area contributed by atoms with Crippen LogP contribution in [0.15, 0.2) is 33.9 Å². The summed E-state index contributed by atoms with van der Waals surface area (Å²) in [4.78, 5) is 12.1. The Morgan fingerprint density at radius 1 is 1.25 bits per heavy atom. The van der Waals surface area contributed by atoms with Crippen LogP contribution in [-0.4, -0.2) is 27.9 Å². The molecule has 3 atom stereocenters. The minimum Gasteiger partial charge on any atom is -0.411 e. The van der Waals surface area contributed by atoms with Crippen LogP contribution in [0.25, 0.3) is 11.5 Å². The van der Waals surface area contributed by atoms with Crippen molar-refractivity contribution in [1.29, 1.82) is 0 Å². The highest BCUT2D eigenvalue weighted by Gasteiger charge is 2.40. The number of amides is 1. The molecule has 2 bridgehead atoms. The number of nitrogens with one attached hydrogen (secondary N) is 1. The predicted octanol–water partition coefficient (Wildman–Crippen LogP) is 3.79. The quantitative estimate of drug-likeness (QED) is 0.818. The van der Waals surface area contributed by atoms with E-state index in [1.807, 2.05) is 12.1 Å². The summed E-state index contributed by atoms with van der Waals surface area (Å²) in [6.45, 7) is 0. The first-order valence-electron chi connectivity index (χ1n) is 8.19. The second-order valence-corrected chi connectivity index (χ2v) is 7.88. The zero-order valence-corrected chi connectivity index (χ0v) is 14.6. The Morgan fingerprint density at radius 3 is 2.79 bits per heavy atom. The highest BCUT2D eigenvalue weighted by Crippen LogP contribution is 2.44. The summed E-state index contributed by atoms with van der Waals surface area (Å²) in [5, 5.41) is 12.2. The SMILES string of the molecule is O=C(CSc1nnc(-c2ccc(Cl)cc2)o1)N[C@H]1C[C@H]2CC[C@@H]1C2. The fourth-order valence-corrected chi connectivity index (χ4v) is 4.47. The Kier molecular flexibility index (Phi) is 4.50. The van der Waals surface area contributed by atoms with Gasteiger partial charge in [0, 0.05) is 16.6 Å². The van der Waals surface area contributed by atoms with Crippen LogP contribution < -0.4 is 5.32 Å². The van der Waals surface area contributed by atoms with E-state index in [2.05, 4.69) is 15.5 Å². The van der Waals surface area contributed by atoms with E-state index >= 15 is 0 Å². The van der Waals surface area contributed by atoms with E-state index in [9.17, 15) is 4.79 Å². The van der Waals surface area contributed by atoms with Crippen LogP contribution in [0.2, 0.25) is 5.02 Å². The molecular weight excluding hydrogens is 346 g/mol. The summed E-state index contributed by atoms with van der Waals surface area (Å²) >= 11 is 7.14. The zero-order chi connectivity index (χ0) is 16.5. The minimum absolute atomic E-state index is 0.0452. The van der Waals surface area contributed by atoms with Crippen molar-refractivity contribution in [2.45, 2.75) is 36.9 Å². The third-order valence-corrected chi connectivity index (χ3v) is 5.98. The molecule has 0 radical (unpaired) electrons. The van der Waals surface area contributed by atoms with Gasteiger partial charge in [0.2, 0.25) is 11.8 Å². The van der Waals surface area contributed by atoms with Crippen LogP contribution in [0, 0.1) is 11.8 Å². The van der Waals surface area contributed by atoms with Crippen molar-refractivity contribution in [2.75, 3.05) is 5.75 Å². The fourth-order valence-electron chi connectivity index (χ4n) is 3.77. The Morgan fingerprint density at radius 2 is 2.08 bits per heavy atom. The lowest BCUT2D eigenvalue weighted by Crippen LogP contribution is -2.39. The average molecular weight is 364 g/mol. The number of thioether (sulfide) groups is 1. The molecule has 1 aromatic carbocycles. The van der Waals surface area contributed by atoms with Crippen LogP contribution >= 0.6 is 23.4 Å². The summed E-state index contributed by atoms with van der Waals surface area (Å²) in [7, 11) is 0. The first kappa shape index (κ1) is 16.0. The lowest BCUT2D eigenvalue weighted by atomic mass is 9.95. The Balaban J connectivity index is 1.30. The van der Waals surface area contributed by atoms with Crippen LogP contribution in [0.3, 0.4) is 0 Å². The van der Waals surface area contributed by atoms with Gasteiger partial charge in [-0.3, -0.25) is 4.79 Å². The van der Waals surface area contributed by atoms with Gasteiger partial charge >= 0.3 is 0 Å². The van der Waals surface area contributed by atoms with Gasteiger partial charge in [-0.1, -0.05) is 29.8 Å². The van der Waals surface area contributed by atoms with Gasteiger partial charge in [-0.05, 0) is 55.4 Å². The number of hydrogen-bond donors (Lipinski definition) is 1. The van der Waals surface area contributed by atoms with E-state index in [0.717, 1.165) is 17.9 Å². The lowest BCUT2D eigenvalue weighted by Gasteiger charge is -2.22. The van der Waals surface area contributed by atoms with Gasteiger partial charge in [-0.2, -0.15) is 0 Å². The van der Waals surface area contributed by atoms with Gasteiger partial charge in [-0.15, -0.1) is 10.2 Å². The molecule has 0 saturated heterocycles. The van der Waals surface area contributed by atoms with Crippen molar-refractivity contribution in [3.63, 3.8) is 0 Å². The van der Waals surface area contributed by atoms with Crippen molar-refractivity contribution in [1.82, 2.24) is 15.5 Å². The van der Waals surface area contributed by atoms with Crippen molar-refractivity contribution in [2.24, 2.45) is 11.8 Å². The summed E-state index contributed by atoms with van der Waals surface area (Å²) in [6, 6.07) is 7.56. The van der Waals surface area contributed by atoms with Gasteiger partial charge in [0.25, 0.3) is 5.22 Å². The van der Waals surface area contributed by atoms with Crippen LogP contribution in [0.5, 0.6) is 0 Å². The standard InChI is InChI=1S/C17H18ClN3O2S/c18-13-5-3-11(4-6-13)16-20-21-17(23-16)24-9-15(22)19-14-8-10-1-2-12(14)7-10/h3-6,10,12,14H,1-2,7-9H2,(H,19,22)/t10-,12+,14-/m0/s1. The molecule has 0 unspecified atom stereocenters. The second kappa shape index (κ2) is 6.76. The Labute approximate surface area is 149 Å². The molecule has 24 heavy (non-hydrogen) atoms. The van der Waals surface area contributed by atoms with Crippen LogP contribution in [-0.2, 0) is 4.79 Å². The van der Waals surface area contributed by atoms with Crippen molar-refractivity contribution < 1.29 is 9.21 Å². The molecular formula is C17H18ClN3O2S. The van der Waals surface area contributed by atoms with Crippen molar-refractivity contribution in [3.8, 4) is 11.5 Å². The van der Waals surface area contributed by atoms with Crippen molar-refractivity contribution in [3.05, 3.63) is 29.3 Å². The Bertz CT molecular complexity index is 734. The van der Waals surface area contributed by atoms with Gasteiger partial charge in [0.05, 0.1) is 5.75 Å². The number of fused-ring (bicyclic) bond motifs is 2. The number of nitrogens with zero attached hydrogens (tertiary/aromatic N) is 2. The minimum atomic E-state index is 0.0452. The maximum atomic E-state index is 12.1. The molecule has 2 saturated carbocycles. The third kappa shape index (κ3) is 3.44. The molecule has 2 aliphatic rings. The van der Waals surface area contributed by atoms with E-state index in [1.165, 1.54) is 31.0 Å². The molecule has 2 fully saturated rings. The summed E-state index contributed by atoms with van der Waals surface area (Å²) < 4.78 is 5.60. The summed E-state index contributed by atoms with van der Waals surface area (Å²) in [6.07, 6.45) is 5.02. The van der Waals surface area contributed by atoms with E-state index < -0.39 is 0 Å². The molecule has 1 aromatic heterocycles. The van der Waals surface area contributed by atoms with Crippen molar-refractivity contribution >= 4 is 29.3 Å². The molecule has 1 amide bonds. The molecule has 7 heteroatoms. The average Bonchev–Trinajstić information content (AvgIpc) is 3.30. The highest BCUT2D eigenvalue weighted by molar-refractivity contribution is 7.99. The molecule has 2 aliphatic carbocycles. The van der Waals surface area contributed by atoms with E-state index in [-0.39, 0.29) is 5.91 Å². The van der Waals surface area contributed by atoms with Gasteiger partial charge in [0.15, 0.2) is 0 Å². The normalized spacial score (nSPS) is 25.1. The Hall–Kier alpha value is -1.53. The number of rotatable bonds is 5. The molecule has 4 rings (SSSR count). The smallest absolute Gasteiger partial charge is 0.277 e. The number of hydrogen-bond acceptors (Lipinski definition) is 5. The predicted molar refractivity (Wildman–Crippen MR) is 92.8 cm³/mol. The maximum absolute atomic E-state index is 12.1. The van der Waals surface area contributed by atoms with Crippen LogP contribution in [0.1, 0.15) is 25.7 Å². The molecule has 0 aliphatic heterocycles. The maximum Gasteiger partial charge on any atom is 0.277 e. The lowest BCUT2D eigenvalue weighted by molar-refractivity contribution is -0.119. The van der Waals surface area contributed by atoms with Gasteiger partial charge in [-0.25, -0.2) is 0 Å². The molecule has 5 nitrogen and oxygen atoms in total. The molecule has 1 N–H and O–H groups in total. The third-order valence-electron chi connectivity index (χ3n) is 4.91. The molecule has 126 valence electrons. The number of carbonyl (C=O) groups excluding carboxylic acids is 1. The molecule has 0 spiro atoms. The van der Waals surface area contributed by atoms with Gasteiger partial charge in [0.1, 0.15) is 0 Å². The summed E-state index contributed by atoms with van der Waals surface area (Å²) in [5.74, 6) is 2.29. The van der Waals surface area contributed by atoms with Crippen LogP contribution in [0.4, 0.5) is 0 Å². The monoisotopic (exact) mass is 363 g/mol. The molecule has 1 heterocycles. The number of benzene rings is 1. The second-order valence-electron chi connectivity index (χ2n) is 6.52.